The molecule has 0 aromatic rings. The first-order valence-electron chi connectivity index (χ1n) is 1.89. The third kappa shape index (κ3) is 1.62. The van der Waals surface area contributed by atoms with E-state index in [-0.39, 0.29) is 5.76 Å². The van der Waals surface area contributed by atoms with E-state index in [1.54, 1.807) is 0 Å². The fraction of sp³-hybridized carbons (Fsp3) is 0.400. The van der Waals surface area contributed by atoms with Crippen molar-refractivity contribution in [2.75, 3.05) is 0 Å². The van der Waals surface area contributed by atoms with E-state index in [1.807, 2.05) is 6.92 Å². The molecule has 0 bridgehead atoms. The zero-order chi connectivity index (χ0) is 4.99. The van der Waals surface area contributed by atoms with Crippen LogP contribution in [-0.4, -0.2) is 5.11 Å². The molecule has 0 saturated carbocycles. The molecule has 0 atom stereocenters. The minimum atomic E-state index is 0.231. The van der Waals surface area contributed by atoms with Crippen LogP contribution < -0.4 is 0 Å². The molecule has 1 N–H and O–H groups in total. The molecule has 0 aromatic heterocycles. The van der Waals surface area contributed by atoms with Gasteiger partial charge < -0.3 is 5.11 Å². The Kier molecular flexibility index (Phi) is 2.26. The predicted molar refractivity (Wildman–Crippen MR) is 25.6 cm³/mol. The Morgan fingerprint density at radius 2 is 2.50 bits per heavy atom. The summed E-state index contributed by atoms with van der Waals surface area (Å²) in [7, 11) is 0. The second kappa shape index (κ2) is 2.55. The van der Waals surface area contributed by atoms with Crippen LogP contribution in [0.4, 0.5) is 0 Å². The standard InChI is InChI=1S/C5H8O/c1-3-5(6)4-2/h6H,1,4H2,2H3. The van der Waals surface area contributed by atoms with Crippen molar-refractivity contribution in [3.63, 3.8) is 0 Å². The molecule has 0 heterocycles. The molecule has 1 heteroatoms. The van der Waals surface area contributed by atoms with Gasteiger partial charge in [0.05, 0.1) is 0 Å². The maximum Gasteiger partial charge on any atom is 0.134 e. The van der Waals surface area contributed by atoms with Crippen molar-refractivity contribution in [1.82, 2.24) is 0 Å². The smallest absolute Gasteiger partial charge is 0.134 e. The molecule has 0 aliphatic carbocycles. The van der Waals surface area contributed by atoms with Crippen molar-refractivity contribution in [3.8, 4) is 0 Å². The summed E-state index contributed by atoms with van der Waals surface area (Å²) in [6.07, 6.45) is 0.628. The third-order valence-electron chi connectivity index (χ3n) is 0.539. The highest BCUT2D eigenvalue weighted by atomic mass is 16.3. The van der Waals surface area contributed by atoms with E-state index >= 15 is 0 Å². The maximum atomic E-state index is 8.41. The zero-order valence-corrected chi connectivity index (χ0v) is 3.86. The van der Waals surface area contributed by atoms with Gasteiger partial charge in [0.15, 0.2) is 0 Å². The lowest BCUT2D eigenvalue weighted by Crippen LogP contribution is -1.67. The molecule has 0 aliphatic heterocycles. The number of allylic oxidation sites excluding steroid dienone is 1. The maximum absolute atomic E-state index is 8.41. The predicted octanol–water partition coefficient (Wildman–Crippen LogP) is 1.62. The second-order valence-corrected chi connectivity index (χ2v) is 0.977. The Hall–Kier alpha value is -0.680. The van der Waals surface area contributed by atoms with Crippen LogP contribution >= 0.6 is 0 Å². The molecule has 0 rings (SSSR count). The van der Waals surface area contributed by atoms with E-state index in [1.165, 1.54) is 0 Å². The minimum absolute atomic E-state index is 0.231. The molecule has 6 heavy (non-hydrogen) atoms. The van der Waals surface area contributed by atoms with Gasteiger partial charge in [-0.25, -0.2) is 0 Å². The van der Waals surface area contributed by atoms with E-state index in [0.717, 1.165) is 0 Å². The van der Waals surface area contributed by atoms with Crippen LogP contribution in [0.25, 0.3) is 0 Å². The van der Waals surface area contributed by atoms with E-state index in [9.17, 15) is 0 Å². The Bertz CT molecular complexity index is 77.9. The fourth-order valence-corrected chi connectivity index (χ4v) is 0.125. The second-order valence-electron chi connectivity index (χ2n) is 0.977. The number of hydrogen-bond acceptors (Lipinski definition) is 1. The highest BCUT2D eigenvalue weighted by molar-refractivity contribution is 4.83. The highest BCUT2D eigenvalue weighted by Gasteiger charge is 1.75. The monoisotopic (exact) mass is 84.1 g/mol. The van der Waals surface area contributed by atoms with Gasteiger partial charge in [-0.2, -0.15) is 0 Å². The molecule has 0 radical (unpaired) electrons. The lowest BCUT2D eigenvalue weighted by atomic mass is 10.4. The molecular formula is C5H8O. The quantitative estimate of drug-likeness (QED) is 0.378. The van der Waals surface area contributed by atoms with Crippen LogP contribution in [0.1, 0.15) is 13.3 Å². The average Bonchev–Trinajstić information content (AvgIpc) is 1.65. The van der Waals surface area contributed by atoms with Crippen LogP contribution in [0.15, 0.2) is 18.1 Å². The van der Waals surface area contributed by atoms with Crippen molar-refractivity contribution >= 4 is 0 Å². The summed E-state index contributed by atoms with van der Waals surface area (Å²) < 4.78 is 0. The summed E-state index contributed by atoms with van der Waals surface area (Å²) in [6.45, 7) is 5.06. The van der Waals surface area contributed by atoms with E-state index in [4.69, 9.17) is 5.11 Å². The normalized spacial score (nSPS) is 6.83. The molecule has 0 amide bonds. The SMILES string of the molecule is C=C=C(O)CC. The van der Waals surface area contributed by atoms with Crippen LogP contribution in [-0.2, 0) is 0 Å². The number of rotatable bonds is 1. The Labute approximate surface area is 37.6 Å². The molecule has 0 saturated heterocycles. The minimum Gasteiger partial charge on any atom is -0.505 e. The van der Waals surface area contributed by atoms with Crippen molar-refractivity contribution in [1.29, 1.82) is 0 Å². The van der Waals surface area contributed by atoms with Gasteiger partial charge in [0, 0.05) is 6.42 Å². The molecule has 34 valence electrons. The van der Waals surface area contributed by atoms with Crippen molar-refractivity contribution < 1.29 is 5.11 Å². The lowest BCUT2D eigenvalue weighted by Gasteiger charge is -1.80. The van der Waals surface area contributed by atoms with E-state index < -0.39 is 0 Å². The van der Waals surface area contributed by atoms with E-state index in [0.29, 0.717) is 6.42 Å². The Balaban J connectivity index is 3.52. The Morgan fingerprint density at radius 3 is 2.50 bits per heavy atom. The number of hydrogen-bond donors (Lipinski definition) is 1. The molecule has 0 spiro atoms. The lowest BCUT2D eigenvalue weighted by molar-refractivity contribution is 0.396. The fourth-order valence-electron chi connectivity index (χ4n) is 0.125. The van der Waals surface area contributed by atoms with Gasteiger partial charge in [0.1, 0.15) is 5.76 Å². The molecule has 0 unspecified atom stereocenters. The molecule has 0 fully saturated rings. The van der Waals surface area contributed by atoms with Crippen LogP contribution in [0.5, 0.6) is 0 Å². The topological polar surface area (TPSA) is 20.2 Å². The molecule has 1 nitrogen and oxygen atoms in total. The summed E-state index contributed by atoms with van der Waals surface area (Å²) >= 11 is 0. The van der Waals surface area contributed by atoms with Crippen molar-refractivity contribution in [3.05, 3.63) is 18.1 Å². The van der Waals surface area contributed by atoms with Gasteiger partial charge in [-0.05, 0) is 0 Å². The number of aliphatic hydroxyl groups excluding tert-OH is 1. The summed E-state index contributed by atoms with van der Waals surface area (Å²) in [5.74, 6) is 0.231. The number of aliphatic hydroxyl groups is 1. The summed E-state index contributed by atoms with van der Waals surface area (Å²) in [5, 5.41) is 8.41. The van der Waals surface area contributed by atoms with Gasteiger partial charge in [-0.3, -0.25) is 0 Å². The zero-order valence-electron chi connectivity index (χ0n) is 3.86. The first-order chi connectivity index (χ1) is 2.81. The third-order valence-corrected chi connectivity index (χ3v) is 0.539. The van der Waals surface area contributed by atoms with Crippen LogP contribution in [0.2, 0.25) is 0 Å². The van der Waals surface area contributed by atoms with Crippen LogP contribution in [0, 0.1) is 0 Å². The summed E-state index contributed by atoms with van der Waals surface area (Å²) in [5.41, 5.74) is 2.34. The highest BCUT2D eigenvalue weighted by Crippen LogP contribution is 1.86. The molecular weight excluding hydrogens is 76.1 g/mol. The largest absolute Gasteiger partial charge is 0.505 e. The molecule has 0 aromatic carbocycles. The Morgan fingerprint density at radius 1 is 2.00 bits per heavy atom. The molecule has 0 aliphatic rings. The van der Waals surface area contributed by atoms with E-state index in [2.05, 4.69) is 12.3 Å². The van der Waals surface area contributed by atoms with Gasteiger partial charge in [-0.1, -0.05) is 19.2 Å². The average molecular weight is 84.1 g/mol. The van der Waals surface area contributed by atoms with Gasteiger partial charge in [0.25, 0.3) is 0 Å². The van der Waals surface area contributed by atoms with Gasteiger partial charge in [0.2, 0.25) is 0 Å². The first kappa shape index (κ1) is 5.32. The first-order valence-corrected chi connectivity index (χ1v) is 1.89. The summed E-state index contributed by atoms with van der Waals surface area (Å²) in [6, 6.07) is 0. The van der Waals surface area contributed by atoms with Crippen molar-refractivity contribution in [2.24, 2.45) is 0 Å². The van der Waals surface area contributed by atoms with Gasteiger partial charge >= 0.3 is 0 Å². The summed E-state index contributed by atoms with van der Waals surface area (Å²) in [4.78, 5) is 0. The van der Waals surface area contributed by atoms with Crippen LogP contribution in [0.3, 0.4) is 0 Å². The van der Waals surface area contributed by atoms with Gasteiger partial charge in [-0.15, -0.1) is 0 Å². The van der Waals surface area contributed by atoms with Crippen molar-refractivity contribution in [2.45, 2.75) is 13.3 Å².